The molecule has 0 spiro atoms. The van der Waals surface area contributed by atoms with Crippen LogP contribution in [0.1, 0.15) is 47.2 Å². The maximum atomic E-state index is 14.6. The Morgan fingerprint density at radius 1 is 0.923 bits per heavy atom. The second kappa shape index (κ2) is 12.9. The van der Waals surface area contributed by atoms with Gasteiger partial charge in [-0.2, -0.15) is 0 Å². The third-order valence-corrected chi connectivity index (χ3v) is 11.6. The quantitative estimate of drug-likeness (QED) is 0.348. The van der Waals surface area contributed by atoms with Gasteiger partial charge in [0.15, 0.2) is 0 Å². The fourth-order valence-electron chi connectivity index (χ4n) is 4.83. The number of carbonyl (C=O) groups is 1. The molecule has 0 saturated carbocycles. The molecule has 1 heterocycles. The van der Waals surface area contributed by atoms with Gasteiger partial charge in [0.05, 0.1) is 24.4 Å². The first-order valence-electron chi connectivity index (χ1n) is 13.2. The van der Waals surface area contributed by atoms with Gasteiger partial charge in [-0.3, -0.25) is 4.98 Å². The van der Waals surface area contributed by atoms with Crippen molar-refractivity contribution >= 4 is 24.8 Å². The van der Waals surface area contributed by atoms with Crippen LogP contribution >= 0.6 is 0 Å². The predicted molar refractivity (Wildman–Crippen MR) is 155 cm³/mol. The molecule has 6 nitrogen and oxygen atoms in total. The van der Waals surface area contributed by atoms with E-state index in [9.17, 15) is 9.18 Å². The minimum Gasteiger partial charge on any atom is -0.444 e. The lowest BCUT2D eigenvalue weighted by atomic mass is 10.0. The first kappa shape index (κ1) is 30.5. The molecule has 2 atom stereocenters. The average molecular weight is 553 g/mol. The van der Waals surface area contributed by atoms with Gasteiger partial charge >= 0.3 is 6.09 Å². The summed E-state index contributed by atoms with van der Waals surface area (Å²) in [6.07, 6.45) is 0.412. The van der Waals surface area contributed by atoms with E-state index in [0.717, 1.165) is 10.4 Å². The topological polar surface area (TPSA) is 69.7 Å². The molecule has 2 aromatic carbocycles. The van der Waals surface area contributed by atoms with Crippen LogP contribution in [0.15, 0.2) is 79.0 Å². The van der Waals surface area contributed by atoms with Gasteiger partial charge in [-0.25, -0.2) is 9.18 Å². The van der Waals surface area contributed by atoms with E-state index in [2.05, 4.69) is 55.3 Å². The van der Waals surface area contributed by atoms with E-state index < -0.39 is 38.0 Å². The number of aromatic nitrogens is 1. The summed E-state index contributed by atoms with van der Waals surface area (Å²) in [5, 5.41) is 4.92. The van der Waals surface area contributed by atoms with Crippen molar-refractivity contribution in [1.29, 1.82) is 0 Å². The van der Waals surface area contributed by atoms with E-state index in [0.29, 0.717) is 0 Å². The molecule has 0 saturated heterocycles. The van der Waals surface area contributed by atoms with Gasteiger partial charge in [-0.1, -0.05) is 81.4 Å². The SMILES string of the molecule is CO[C@H](CO[Si](c1ccccc1)(c1ccccc1)C(C)(C)C)[C@@H](Cc1ncccc1F)NC(=O)OC(C)(C)C. The summed E-state index contributed by atoms with van der Waals surface area (Å²) in [6, 6.07) is 22.8. The van der Waals surface area contributed by atoms with E-state index in [1.165, 1.54) is 18.3 Å². The number of alkyl carbamates (subject to hydrolysis) is 1. The fourth-order valence-corrected chi connectivity index (χ4v) is 9.40. The zero-order chi connectivity index (χ0) is 28.7. The Kier molecular flexibility index (Phi) is 10.0. The standard InChI is InChI=1S/C31H41FN2O4Si/c1-30(2,3)38-29(35)34-27(21-26-25(32)19-14-20-33-26)28(36-7)22-37-39(31(4,5)6,23-15-10-8-11-16-23)24-17-12-9-13-18-24/h8-20,27-28H,21-22H2,1-7H3,(H,34,35)/t27-,28-/m1/s1. The molecule has 39 heavy (non-hydrogen) atoms. The highest BCUT2D eigenvalue weighted by atomic mass is 28.4. The smallest absolute Gasteiger partial charge is 0.407 e. The molecule has 0 radical (unpaired) electrons. The van der Waals surface area contributed by atoms with Crippen molar-refractivity contribution < 1.29 is 23.1 Å². The van der Waals surface area contributed by atoms with Gasteiger partial charge in [0.2, 0.25) is 0 Å². The highest BCUT2D eigenvalue weighted by Gasteiger charge is 2.50. The van der Waals surface area contributed by atoms with E-state index in [-0.39, 0.29) is 23.8 Å². The summed E-state index contributed by atoms with van der Waals surface area (Å²) in [6.45, 7) is 12.1. The van der Waals surface area contributed by atoms with Gasteiger partial charge in [0.1, 0.15) is 11.4 Å². The first-order valence-corrected chi connectivity index (χ1v) is 15.1. The summed E-state index contributed by atoms with van der Waals surface area (Å²) in [5.41, 5.74) is -0.468. The maximum Gasteiger partial charge on any atom is 0.407 e. The van der Waals surface area contributed by atoms with Crippen LogP contribution in [0.3, 0.4) is 0 Å². The summed E-state index contributed by atoms with van der Waals surface area (Å²) in [4.78, 5) is 17.0. The summed E-state index contributed by atoms with van der Waals surface area (Å²) < 4.78 is 33.1. The summed E-state index contributed by atoms with van der Waals surface area (Å²) in [5.74, 6) is -0.448. The van der Waals surface area contributed by atoms with Crippen molar-refractivity contribution in [3.05, 3.63) is 90.5 Å². The number of pyridine rings is 1. The Hall–Kier alpha value is -3.07. The van der Waals surface area contributed by atoms with Crippen molar-refractivity contribution in [3.8, 4) is 0 Å². The summed E-state index contributed by atoms with van der Waals surface area (Å²) >= 11 is 0. The molecule has 0 aliphatic rings. The molecule has 8 heteroatoms. The molecule has 0 aliphatic carbocycles. The van der Waals surface area contributed by atoms with Crippen LogP contribution in [-0.4, -0.2) is 50.9 Å². The Labute approximate surface area is 233 Å². The largest absolute Gasteiger partial charge is 0.444 e. The number of halogens is 1. The van der Waals surface area contributed by atoms with Crippen LogP contribution in [0.25, 0.3) is 0 Å². The lowest BCUT2D eigenvalue weighted by molar-refractivity contribution is 0.0141. The molecule has 0 bridgehead atoms. The number of methoxy groups -OCH3 is 1. The number of amides is 1. The third kappa shape index (κ3) is 7.74. The minimum atomic E-state index is -2.87. The Bertz CT molecular complexity index is 1160. The zero-order valence-electron chi connectivity index (χ0n) is 24.0. The first-order chi connectivity index (χ1) is 18.4. The van der Waals surface area contributed by atoms with E-state index in [1.54, 1.807) is 27.9 Å². The highest BCUT2D eigenvalue weighted by Crippen LogP contribution is 2.37. The minimum absolute atomic E-state index is 0.106. The number of nitrogens with one attached hydrogen (secondary N) is 1. The second-order valence-electron chi connectivity index (χ2n) is 11.6. The Morgan fingerprint density at radius 2 is 1.49 bits per heavy atom. The fraction of sp³-hybridized carbons (Fsp3) is 0.419. The van der Waals surface area contributed by atoms with Gasteiger partial charge in [0, 0.05) is 19.7 Å². The molecule has 0 unspecified atom stereocenters. The van der Waals surface area contributed by atoms with Gasteiger partial charge in [0.25, 0.3) is 8.32 Å². The number of ether oxygens (including phenoxy) is 2. The molecule has 0 fully saturated rings. The van der Waals surface area contributed by atoms with Gasteiger partial charge in [-0.05, 0) is 48.3 Å². The number of hydrogen-bond acceptors (Lipinski definition) is 5. The van der Waals surface area contributed by atoms with Crippen LogP contribution in [0.5, 0.6) is 0 Å². The number of nitrogens with zero attached hydrogens (tertiary/aromatic N) is 1. The number of rotatable bonds is 10. The van der Waals surface area contributed by atoms with Crippen LogP contribution in [0.4, 0.5) is 9.18 Å². The van der Waals surface area contributed by atoms with Crippen molar-refractivity contribution in [2.45, 2.75) is 70.7 Å². The van der Waals surface area contributed by atoms with Crippen molar-refractivity contribution in [2.75, 3.05) is 13.7 Å². The summed E-state index contributed by atoms with van der Waals surface area (Å²) in [7, 11) is -1.30. The maximum absolute atomic E-state index is 14.6. The third-order valence-electron chi connectivity index (χ3n) is 6.58. The normalized spacial score (nSPS) is 13.9. The van der Waals surface area contributed by atoms with E-state index >= 15 is 0 Å². The van der Waals surface area contributed by atoms with Crippen LogP contribution in [0, 0.1) is 5.82 Å². The highest BCUT2D eigenvalue weighted by molar-refractivity contribution is 6.99. The molecule has 0 aliphatic heterocycles. The molecular weight excluding hydrogens is 511 g/mol. The Morgan fingerprint density at radius 3 is 1.95 bits per heavy atom. The monoisotopic (exact) mass is 552 g/mol. The molecule has 1 N–H and O–H groups in total. The molecule has 1 amide bonds. The average Bonchev–Trinajstić information content (AvgIpc) is 2.87. The molecular formula is C31H41FN2O4Si. The lowest BCUT2D eigenvalue weighted by Crippen LogP contribution is -2.67. The van der Waals surface area contributed by atoms with E-state index in [1.807, 2.05) is 36.4 Å². The van der Waals surface area contributed by atoms with Gasteiger partial charge in [-0.15, -0.1) is 0 Å². The second-order valence-corrected chi connectivity index (χ2v) is 15.9. The number of benzene rings is 2. The molecule has 3 rings (SSSR count). The predicted octanol–water partition coefficient (Wildman–Crippen LogP) is 5.25. The zero-order valence-corrected chi connectivity index (χ0v) is 25.0. The Balaban J connectivity index is 2.00. The lowest BCUT2D eigenvalue weighted by Gasteiger charge is -2.44. The van der Waals surface area contributed by atoms with Crippen LogP contribution in [-0.2, 0) is 20.3 Å². The molecule has 1 aromatic heterocycles. The van der Waals surface area contributed by atoms with Crippen LogP contribution in [0.2, 0.25) is 5.04 Å². The molecule has 3 aromatic rings. The van der Waals surface area contributed by atoms with Crippen LogP contribution < -0.4 is 15.7 Å². The van der Waals surface area contributed by atoms with Crippen molar-refractivity contribution in [3.63, 3.8) is 0 Å². The van der Waals surface area contributed by atoms with Gasteiger partial charge < -0.3 is 19.2 Å². The molecule has 210 valence electrons. The van der Waals surface area contributed by atoms with E-state index in [4.69, 9.17) is 13.9 Å². The van der Waals surface area contributed by atoms with Crippen molar-refractivity contribution in [1.82, 2.24) is 10.3 Å². The number of carbonyl (C=O) groups excluding carboxylic acids is 1. The van der Waals surface area contributed by atoms with Crippen molar-refractivity contribution in [2.24, 2.45) is 0 Å². The number of hydrogen-bond donors (Lipinski definition) is 1.